The number of amides is 2. The zero-order valence-electron chi connectivity index (χ0n) is 24.2. The molecule has 2 heterocycles. The number of benzene rings is 1. The van der Waals surface area contributed by atoms with Crippen LogP contribution in [-0.2, 0) is 30.6 Å². The summed E-state index contributed by atoms with van der Waals surface area (Å²) in [6.07, 6.45) is -0.285. The number of aliphatic hydroxyl groups is 2. The molecule has 4 N–H and O–H groups in total. The number of carbonyl (C=O) groups excluding carboxylic acids is 3. The third-order valence-corrected chi connectivity index (χ3v) is 7.28. The molecule has 0 bridgehead atoms. The number of hydroxylamine groups is 2. The van der Waals surface area contributed by atoms with Crippen LogP contribution in [0.4, 0.5) is 0 Å². The lowest BCUT2D eigenvalue weighted by atomic mass is 10.1. The van der Waals surface area contributed by atoms with Crippen LogP contribution in [0, 0.1) is 0 Å². The van der Waals surface area contributed by atoms with E-state index in [1.807, 2.05) is 4.90 Å². The van der Waals surface area contributed by atoms with Crippen molar-refractivity contribution in [3.63, 3.8) is 0 Å². The molecular formula is C28H41N5O10. The lowest BCUT2D eigenvalue weighted by Gasteiger charge is -2.31. The van der Waals surface area contributed by atoms with Gasteiger partial charge in [-0.2, -0.15) is 0 Å². The first-order valence-electron chi connectivity index (χ1n) is 14.4. The van der Waals surface area contributed by atoms with E-state index < -0.39 is 36.0 Å². The molecule has 1 aromatic carbocycles. The van der Waals surface area contributed by atoms with E-state index in [0.717, 1.165) is 5.56 Å². The van der Waals surface area contributed by atoms with Crippen molar-refractivity contribution in [2.45, 2.75) is 38.5 Å². The van der Waals surface area contributed by atoms with Gasteiger partial charge < -0.3 is 25.3 Å². The van der Waals surface area contributed by atoms with E-state index in [-0.39, 0.29) is 38.0 Å². The van der Waals surface area contributed by atoms with Crippen LogP contribution in [0.15, 0.2) is 24.3 Å². The molecule has 2 aliphatic heterocycles. The largest absolute Gasteiger partial charge is 0.480 e. The van der Waals surface area contributed by atoms with E-state index in [4.69, 9.17) is 4.84 Å². The van der Waals surface area contributed by atoms with Gasteiger partial charge in [0.05, 0.1) is 18.7 Å². The minimum absolute atomic E-state index is 0.00676. The van der Waals surface area contributed by atoms with Gasteiger partial charge in [0, 0.05) is 65.2 Å². The van der Waals surface area contributed by atoms with Gasteiger partial charge in [0.2, 0.25) is 0 Å². The Labute approximate surface area is 249 Å². The number of aliphatic carboxylic acids is 2. The lowest BCUT2D eigenvalue weighted by Crippen LogP contribution is -2.44. The molecule has 15 nitrogen and oxygen atoms in total. The van der Waals surface area contributed by atoms with Crippen molar-refractivity contribution in [1.29, 1.82) is 0 Å². The normalized spacial score (nSPS) is 19.5. The Kier molecular flexibility index (Phi) is 13.4. The molecule has 2 aliphatic rings. The molecule has 43 heavy (non-hydrogen) atoms. The molecule has 0 aromatic heterocycles. The molecule has 0 aliphatic carbocycles. The Morgan fingerprint density at radius 1 is 0.698 bits per heavy atom. The number of rotatable bonds is 10. The van der Waals surface area contributed by atoms with Gasteiger partial charge in [-0.05, 0) is 43.6 Å². The monoisotopic (exact) mass is 607 g/mol. The van der Waals surface area contributed by atoms with Crippen LogP contribution >= 0.6 is 0 Å². The highest BCUT2D eigenvalue weighted by atomic mass is 16.7. The number of carboxylic acids is 2. The molecule has 2 saturated heterocycles. The van der Waals surface area contributed by atoms with Gasteiger partial charge in [0.1, 0.15) is 0 Å². The fourth-order valence-electron chi connectivity index (χ4n) is 5.12. The van der Waals surface area contributed by atoms with Crippen molar-refractivity contribution >= 4 is 29.7 Å². The van der Waals surface area contributed by atoms with Crippen molar-refractivity contribution in [3.8, 4) is 0 Å². The molecule has 1 aromatic rings. The van der Waals surface area contributed by atoms with Gasteiger partial charge in [0.25, 0.3) is 11.8 Å². The Morgan fingerprint density at radius 2 is 1.16 bits per heavy atom. The first-order valence-corrected chi connectivity index (χ1v) is 14.4. The first-order chi connectivity index (χ1) is 20.5. The average Bonchev–Trinajstić information content (AvgIpc) is 3.25. The topological polar surface area (TPSA) is 192 Å². The standard InChI is InChI=1S/C28H41N5O10/c34-23-7-8-24(35)33(23)43-28(42)22-5-3-21(4-6-22)17-29-9-1-10-31(19-26(38)39)15-16-32(20-27(40)41)12-2-11-30(14-13-29)18-25(36)37/h3-6,25,36-37H,1-2,7-20H2,(H,38,39)(H,40,41). The quantitative estimate of drug-likeness (QED) is 0.185. The van der Waals surface area contributed by atoms with Crippen LogP contribution in [0.2, 0.25) is 0 Å². The first kappa shape index (κ1) is 34.0. The number of hydrogen-bond donors (Lipinski definition) is 4. The molecule has 15 heteroatoms. The van der Waals surface area contributed by atoms with Crippen molar-refractivity contribution in [2.24, 2.45) is 0 Å². The Morgan fingerprint density at radius 3 is 1.67 bits per heavy atom. The predicted octanol–water partition coefficient (Wildman–Crippen LogP) is -1.11. The van der Waals surface area contributed by atoms with Crippen LogP contribution < -0.4 is 0 Å². The average molecular weight is 608 g/mol. The summed E-state index contributed by atoms with van der Waals surface area (Å²) in [5, 5.41) is 38.4. The Balaban J connectivity index is 1.68. The van der Waals surface area contributed by atoms with Crippen LogP contribution in [0.25, 0.3) is 0 Å². The van der Waals surface area contributed by atoms with Crippen LogP contribution in [0.3, 0.4) is 0 Å². The van der Waals surface area contributed by atoms with E-state index in [0.29, 0.717) is 76.8 Å². The van der Waals surface area contributed by atoms with Gasteiger partial charge in [-0.1, -0.05) is 12.1 Å². The van der Waals surface area contributed by atoms with Gasteiger partial charge >= 0.3 is 17.9 Å². The van der Waals surface area contributed by atoms with Crippen LogP contribution in [0.1, 0.15) is 41.6 Å². The number of carboxylic acid groups (broad SMARTS) is 2. The zero-order chi connectivity index (χ0) is 31.4. The fourth-order valence-corrected chi connectivity index (χ4v) is 5.12. The Bertz CT molecular complexity index is 1100. The molecule has 0 saturated carbocycles. The second-order valence-corrected chi connectivity index (χ2v) is 10.8. The number of nitrogens with zero attached hydrogens (tertiary/aromatic N) is 5. The summed E-state index contributed by atoms with van der Waals surface area (Å²) in [6, 6.07) is 6.61. The third kappa shape index (κ3) is 12.0. The van der Waals surface area contributed by atoms with E-state index in [9.17, 15) is 44.4 Å². The molecule has 0 spiro atoms. The van der Waals surface area contributed by atoms with Gasteiger partial charge in [-0.25, -0.2) is 4.79 Å². The van der Waals surface area contributed by atoms with Crippen molar-refractivity contribution < 1.29 is 49.2 Å². The van der Waals surface area contributed by atoms with Gasteiger partial charge in [0.15, 0.2) is 6.29 Å². The summed E-state index contributed by atoms with van der Waals surface area (Å²) in [4.78, 5) is 71.4. The van der Waals surface area contributed by atoms with Gasteiger partial charge in [-0.15, -0.1) is 5.06 Å². The van der Waals surface area contributed by atoms with E-state index in [1.54, 1.807) is 34.1 Å². The lowest BCUT2D eigenvalue weighted by molar-refractivity contribution is -0.172. The second kappa shape index (κ2) is 17.0. The van der Waals surface area contributed by atoms with Crippen molar-refractivity contribution in [1.82, 2.24) is 24.7 Å². The summed E-state index contributed by atoms with van der Waals surface area (Å²) >= 11 is 0. The SMILES string of the molecule is O=C(O)CN1CCCN(Cc2ccc(C(=O)ON3C(=O)CCC3=O)cc2)CCN(CC(O)O)CCCN(CC(=O)O)CC1. The van der Waals surface area contributed by atoms with Crippen LogP contribution in [-0.4, -0.2) is 153 Å². The van der Waals surface area contributed by atoms with E-state index >= 15 is 0 Å². The smallest absolute Gasteiger partial charge is 0.363 e. The summed E-state index contributed by atoms with van der Waals surface area (Å²) in [7, 11) is 0. The zero-order valence-corrected chi connectivity index (χ0v) is 24.2. The molecular weight excluding hydrogens is 566 g/mol. The third-order valence-electron chi connectivity index (χ3n) is 7.28. The maximum absolute atomic E-state index is 12.5. The van der Waals surface area contributed by atoms with Crippen LogP contribution in [0.5, 0.6) is 0 Å². The van der Waals surface area contributed by atoms with Crippen molar-refractivity contribution in [2.75, 3.05) is 72.0 Å². The Hall–Kier alpha value is -3.47. The summed E-state index contributed by atoms with van der Waals surface area (Å²) in [6.45, 7) is 4.14. The number of imide groups is 1. The number of aliphatic hydroxyl groups excluding tert-OH is 1. The highest BCUT2D eigenvalue weighted by Crippen LogP contribution is 2.16. The maximum Gasteiger partial charge on any atom is 0.363 e. The second-order valence-electron chi connectivity index (χ2n) is 10.8. The summed E-state index contributed by atoms with van der Waals surface area (Å²) < 4.78 is 0. The highest BCUT2D eigenvalue weighted by molar-refractivity contribution is 6.02. The summed E-state index contributed by atoms with van der Waals surface area (Å²) in [5.74, 6) is -3.85. The maximum atomic E-state index is 12.5. The molecule has 2 fully saturated rings. The van der Waals surface area contributed by atoms with Gasteiger partial charge in [-0.3, -0.25) is 38.8 Å². The highest BCUT2D eigenvalue weighted by Gasteiger charge is 2.33. The molecule has 0 unspecified atom stereocenters. The van der Waals surface area contributed by atoms with E-state index in [1.165, 1.54) is 0 Å². The molecule has 2 amide bonds. The number of carbonyl (C=O) groups is 5. The fraction of sp³-hybridized carbons (Fsp3) is 0.607. The molecule has 238 valence electrons. The minimum Gasteiger partial charge on any atom is -0.480 e. The minimum atomic E-state index is -1.52. The van der Waals surface area contributed by atoms with E-state index in [2.05, 4.69) is 4.90 Å². The number of hydrogen-bond acceptors (Lipinski definition) is 12. The predicted molar refractivity (Wildman–Crippen MR) is 150 cm³/mol. The number of β-amino-alcohol motifs (C(OH)–C–C–N with tert-alkyl or cyclic N) is 2. The molecule has 0 radical (unpaired) electrons. The molecule has 0 atom stereocenters. The summed E-state index contributed by atoms with van der Waals surface area (Å²) in [5.41, 5.74) is 1.06. The molecule has 3 rings (SSSR count). The van der Waals surface area contributed by atoms with Crippen molar-refractivity contribution in [3.05, 3.63) is 35.4 Å².